The standard InChI is InChI=1S/C11H6Br2INO2/c12-6-1-2-8(13)9(3-6)15-5-7(14)4-10(15)11(16)17/h1-5H,(H,16,17). The Morgan fingerprint density at radius 1 is 1.29 bits per heavy atom. The van der Waals surface area contributed by atoms with Gasteiger partial charge in [-0.3, -0.25) is 0 Å². The SMILES string of the molecule is O=C(O)c1cc(I)cn1-c1cc(Br)ccc1Br. The highest BCUT2D eigenvalue weighted by Gasteiger charge is 2.14. The van der Waals surface area contributed by atoms with Crippen LogP contribution in [0.4, 0.5) is 0 Å². The van der Waals surface area contributed by atoms with Gasteiger partial charge in [0.25, 0.3) is 0 Å². The number of carboxylic acids is 1. The highest BCUT2D eigenvalue weighted by Crippen LogP contribution is 2.27. The quantitative estimate of drug-likeness (QED) is 0.665. The Labute approximate surface area is 128 Å². The van der Waals surface area contributed by atoms with Crippen LogP contribution in [0, 0.1) is 3.57 Å². The first kappa shape index (κ1) is 13.1. The molecule has 0 fully saturated rings. The van der Waals surface area contributed by atoms with Crippen LogP contribution < -0.4 is 0 Å². The molecule has 17 heavy (non-hydrogen) atoms. The molecule has 0 saturated heterocycles. The highest BCUT2D eigenvalue weighted by atomic mass is 127. The zero-order chi connectivity index (χ0) is 12.6. The number of aromatic nitrogens is 1. The molecule has 1 aromatic carbocycles. The van der Waals surface area contributed by atoms with Crippen LogP contribution in [0.15, 0.2) is 39.4 Å². The van der Waals surface area contributed by atoms with E-state index in [0.717, 1.165) is 18.2 Å². The van der Waals surface area contributed by atoms with Crippen LogP contribution in [-0.2, 0) is 0 Å². The lowest BCUT2D eigenvalue weighted by Gasteiger charge is -2.09. The van der Waals surface area contributed by atoms with E-state index >= 15 is 0 Å². The molecule has 0 aliphatic carbocycles. The van der Waals surface area contributed by atoms with Crippen molar-refractivity contribution in [2.24, 2.45) is 0 Å². The molecular weight excluding hydrogens is 465 g/mol. The van der Waals surface area contributed by atoms with Crippen molar-refractivity contribution in [1.82, 2.24) is 4.57 Å². The molecule has 6 heteroatoms. The van der Waals surface area contributed by atoms with Gasteiger partial charge in [-0.25, -0.2) is 4.79 Å². The molecule has 0 atom stereocenters. The molecule has 1 heterocycles. The molecule has 1 aromatic heterocycles. The van der Waals surface area contributed by atoms with Gasteiger partial charge in [0.05, 0.1) is 5.69 Å². The van der Waals surface area contributed by atoms with Crippen LogP contribution in [0.1, 0.15) is 10.5 Å². The second kappa shape index (κ2) is 5.11. The Hall–Kier alpha value is -0.340. The molecule has 2 aromatic rings. The van der Waals surface area contributed by atoms with Gasteiger partial charge in [0, 0.05) is 18.7 Å². The van der Waals surface area contributed by atoms with Gasteiger partial charge in [-0.05, 0) is 62.8 Å². The van der Waals surface area contributed by atoms with Gasteiger partial charge in [-0.15, -0.1) is 0 Å². The maximum Gasteiger partial charge on any atom is 0.352 e. The van der Waals surface area contributed by atoms with Crippen molar-refractivity contribution in [3.63, 3.8) is 0 Å². The van der Waals surface area contributed by atoms with E-state index in [1.54, 1.807) is 16.8 Å². The van der Waals surface area contributed by atoms with Crippen LogP contribution in [-0.4, -0.2) is 15.6 Å². The zero-order valence-corrected chi connectivity index (χ0v) is 13.7. The third kappa shape index (κ3) is 2.74. The normalized spacial score (nSPS) is 10.5. The first-order valence-electron chi connectivity index (χ1n) is 4.55. The molecule has 3 nitrogen and oxygen atoms in total. The molecule has 0 saturated carbocycles. The minimum Gasteiger partial charge on any atom is -0.477 e. The van der Waals surface area contributed by atoms with Gasteiger partial charge in [-0.1, -0.05) is 15.9 Å². The van der Waals surface area contributed by atoms with Crippen molar-refractivity contribution >= 4 is 60.4 Å². The monoisotopic (exact) mass is 469 g/mol. The largest absolute Gasteiger partial charge is 0.477 e. The van der Waals surface area contributed by atoms with Gasteiger partial charge in [-0.2, -0.15) is 0 Å². The minimum absolute atomic E-state index is 0.244. The molecule has 0 spiro atoms. The third-order valence-corrected chi connectivity index (χ3v) is 3.93. The summed E-state index contributed by atoms with van der Waals surface area (Å²) >= 11 is 8.90. The van der Waals surface area contributed by atoms with E-state index in [9.17, 15) is 4.79 Å². The van der Waals surface area contributed by atoms with Crippen molar-refractivity contribution in [2.75, 3.05) is 0 Å². The summed E-state index contributed by atoms with van der Waals surface area (Å²) in [5.74, 6) is -0.945. The molecule has 0 aliphatic rings. The van der Waals surface area contributed by atoms with E-state index < -0.39 is 5.97 Å². The van der Waals surface area contributed by atoms with E-state index in [0.29, 0.717) is 0 Å². The summed E-state index contributed by atoms with van der Waals surface area (Å²) in [5, 5.41) is 9.15. The summed E-state index contributed by atoms with van der Waals surface area (Å²) in [4.78, 5) is 11.2. The van der Waals surface area contributed by atoms with Gasteiger partial charge < -0.3 is 9.67 Å². The molecular formula is C11H6Br2INO2. The van der Waals surface area contributed by atoms with Crippen molar-refractivity contribution in [1.29, 1.82) is 0 Å². The number of hydrogen-bond acceptors (Lipinski definition) is 1. The molecule has 0 amide bonds. The second-order valence-electron chi connectivity index (χ2n) is 3.31. The lowest BCUT2D eigenvalue weighted by atomic mass is 10.3. The first-order valence-corrected chi connectivity index (χ1v) is 7.22. The van der Waals surface area contributed by atoms with Crippen LogP contribution in [0.2, 0.25) is 0 Å². The smallest absolute Gasteiger partial charge is 0.352 e. The maximum absolute atomic E-state index is 11.2. The van der Waals surface area contributed by atoms with Gasteiger partial charge >= 0.3 is 5.97 Å². The van der Waals surface area contributed by atoms with Crippen LogP contribution in [0.5, 0.6) is 0 Å². The van der Waals surface area contributed by atoms with Gasteiger partial charge in [0.15, 0.2) is 0 Å². The molecule has 1 N–H and O–H groups in total. The second-order valence-corrected chi connectivity index (χ2v) is 6.33. The molecule has 2 rings (SSSR count). The van der Waals surface area contributed by atoms with Crippen molar-refractivity contribution < 1.29 is 9.90 Å². The number of hydrogen-bond donors (Lipinski definition) is 1. The minimum atomic E-state index is -0.945. The topological polar surface area (TPSA) is 42.2 Å². The first-order chi connectivity index (χ1) is 7.99. The number of nitrogens with zero attached hydrogens (tertiary/aromatic N) is 1. The lowest BCUT2D eigenvalue weighted by Crippen LogP contribution is -2.06. The Kier molecular flexibility index (Phi) is 3.94. The summed E-state index contributed by atoms with van der Waals surface area (Å²) in [6.45, 7) is 0. The zero-order valence-electron chi connectivity index (χ0n) is 8.32. The van der Waals surface area contributed by atoms with E-state index in [1.807, 2.05) is 18.2 Å². The fourth-order valence-corrected chi connectivity index (χ4v) is 2.82. The van der Waals surface area contributed by atoms with Gasteiger partial charge in [0.1, 0.15) is 5.69 Å². The Morgan fingerprint density at radius 3 is 2.65 bits per heavy atom. The molecule has 0 unspecified atom stereocenters. The summed E-state index contributed by atoms with van der Waals surface area (Å²) in [6.07, 6.45) is 1.79. The number of rotatable bonds is 2. The van der Waals surface area contributed by atoms with E-state index in [2.05, 4.69) is 54.5 Å². The summed E-state index contributed by atoms with van der Waals surface area (Å²) in [6, 6.07) is 7.27. The number of carbonyl (C=O) groups is 1. The Balaban J connectivity index is 2.67. The molecule has 0 bridgehead atoms. The third-order valence-electron chi connectivity index (χ3n) is 2.17. The Morgan fingerprint density at radius 2 is 2.00 bits per heavy atom. The van der Waals surface area contributed by atoms with Crippen LogP contribution in [0.25, 0.3) is 5.69 Å². The van der Waals surface area contributed by atoms with Crippen molar-refractivity contribution in [2.45, 2.75) is 0 Å². The van der Waals surface area contributed by atoms with Crippen molar-refractivity contribution in [3.05, 3.63) is 48.7 Å². The predicted molar refractivity (Wildman–Crippen MR) is 80.8 cm³/mol. The Bertz CT molecular complexity index is 595. The number of aromatic carboxylic acids is 1. The highest BCUT2D eigenvalue weighted by molar-refractivity contribution is 14.1. The van der Waals surface area contributed by atoms with Gasteiger partial charge in [0.2, 0.25) is 0 Å². The fraction of sp³-hybridized carbons (Fsp3) is 0. The average Bonchev–Trinajstić information content (AvgIpc) is 2.64. The van der Waals surface area contributed by atoms with Crippen molar-refractivity contribution in [3.8, 4) is 5.69 Å². The molecule has 0 aliphatic heterocycles. The van der Waals surface area contributed by atoms with Crippen LogP contribution >= 0.6 is 54.5 Å². The molecule has 0 radical (unpaired) electrons. The predicted octanol–water partition coefficient (Wildman–Crippen LogP) is 4.31. The number of carboxylic acid groups (broad SMARTS) is 1. The molecule has 88 valence electrons. The number of halogens is 3. The summed E-state index contributed by atoms with van der Waals surface area (Å²) < 4.78 is 4.27. The number of benzene rings is 1. The van der Waals surface area contributed by atoms with E-state index in [1.165, 1.54) is 0 Å². The summed E-state index contributed by atoms with van der Waals surface area (Å²) in [5.41, 5.74) is 1.04. The van der Waals surface area contributed by atoms with E-state index in [4.69, 9.17) is 5.11 Å². The van der Waals surface area contributed by atoms with Crippen LogP contribution in [0.3, 0.4) is 0 Å². The fourth-order valence-electron chi connectivity index (χ4n) is 1.46. The lowest BCUT2D eigenvalue weighted by molar-refractivity contribution is 0.0688. The van der Waals surface area contributed by atoms with E-state index in [-0.39, 0.29) is 5.69 Å². The summed E-state index contributed by atoms with van der Waals surface area (Å²) in [7, 11) is 0. The maximum atomic E-state index is 11.2. The average molecular weight is 471 g/mol.